The van der Waals surface area contributed by atoms with Crippen molar-refractivity contribution in [2.45, 2.75) is 83.9 Å². The highest BCUT2D eigenvalue weighted by Crippen LogP contribution is 2.17. The van der Waals surface area contributed by atoms with Gasteiger partial charge in [0.05, 0.1) is 18.3 Å². The largest absolute Gasteiger partial charge is 0.463 e. The normalized spacial score (nSPS) is 17.6. The Morgan fingerprint density at radius 1 is 1.04 bits per heavy atom. The highest BCUT2D eigenvalue weighted by molar-refractivity contribution is 5.92. The number of esters is 1. The second kappa shape index (κ2) is 18.1. The molecule has 0 bridgehead atoms. The second-order valence-corrected chi connectivity index (χ2v) is 12.2. The molecule has 13 heteroatoms. The van der Waals surface area contributed by atoms with Crippen molar-refractivity contribution in [3.8, 4) is 0 Å². The summed E-state index contributed by atoms with van der Waals surface area (Å²) in [5, 5.41) is 11.0. The summed E-state index contributed by atoms with van der Waals surface area (Å²) < 4.78 is 16.3. The highest BCUT2D eigenvalue weighted by atomic mass is 16.6. The maximum absolute atomic E-state index is 13.7. The van der Waals surface area contributed by atoms with Gasteiger partial charge in [-0.1, -0.05) is 36.4 Å². The van der Waals surface area contributed by atoms with Gasteiger partial charge < -0.3 is 40.4 Å². The van der Waals surface area contributed by atoms with Crippen LogP contribution in [0.25, 0.3) is 0 Å². The van der Waals surface area contributed by atoms with Crippen molar-refractivity contribution in [2.75, 3.05) is 33.8 Å². The molecule has 0 aromatic heterocycles. The van der Waals surface area contributed by atoms with E-state index >= 15 is 0 Å². The van der Waals surface area contributed by atoms with E-state index in [1.54, 1.807) is 32.8 Å². The average Bonchev–Trinajstić information content (AvgIpc) is 3.36. The fourth-order valence-corrected chi connectivity index (χ4v) is 4.76. The van der Waals surface area contributed by atoms with Crippen LogP contribution in [0.5, 0.6) is 0 Å². The number of nitrogens with zero attached hydrogens (tertiary/aromatic N) is 1. The van der Waals surface area contributed by atoms with Crippen LogP contribution < -0.4 is 21.3 Å². The number of hydrogen-bond acceptors (Lipinski definition) is 9. The van der Waals surface area contributed by atoms with Gasteiger partial charge in [0.2, 0.25) is 17.7 Å². The molecule has 250 valence electrons. The van der Waals surface area contributed by atoms with Crippen LogP contribution in [0.4, 0.5) is 4.79 Å². The third-order valence-electron chi connectivity index (χ3n) is 6.74. The summed E-state index contributed by atoms with van der Waals surface area (Å²) >= 11 is 0. The molecule has 1 fully saturated rings. The second-order valence-electron chi connectivity index (χ2n) is 12.2. The van der Waals surface area contributed by atoms with Crippen molar-refractivity contribution in [1.29, 1.82) is 0 Å². The number of amides is 4. The van der Waals surface area contributed by atoms with Crippen molar-refractivity contribution >= 4 is 29.8 Å². The minimum absolute atomic E-state index is 0.000897. The van der Waals surface area contributed by atoms with E-state index in [2.05, 4.69) is 21.3 Å². The van der Waals surface area contributed by atoms with E-state index < -0.39 is 53.7 Å². The number of ether oxygens (including phenoxy) is 3. The van der Waals surface area contributed by atoms with Gasteiger partial charge in [0.15, 0.2) is 0 Å². The SMILES string of the molecule is CCOC(=O)/C=C/[C@H](C[C@@H]1CCNC1=O)NC(=O)[C@H](CN(C)C)NC(=O)[C@@H](NC(=O)OCc1ccccc1)C(C)OC(C)(C)C. The lowest BCUT2D eigenvalue weighted by molar-refractivity contribution is -0.137. The number of carbonyl (C=O) groups is 5. The van der Waals surface area contributed by atoms with Crippen LogP contribution in [0, 0.1) is 5.92 Å². The molecule has 1 unspecified atom stereocenters. The summed E-state index contributed by atoms with van der Waals surface area (Å²) in [6.07, 6.45) is 1.93. The van der Waals surface area contributed by atoms with Gasteiger partial charge in [0.1, 0.15) is 18.7 Å². The number of rotatable bonds is 16. The zero-order valence-electron chi connectivity index (χ0n) is 27.4. The standard InChI is InChI=1S/C32H49N5O8/c1-8-43-26(38)15-14-24(18-23-16-17-33-28(23)39)34-29(40)25(19-37(6)7)35-30(41)27(21(2)45-32(3,4)5)36-31(42)44-20-22-12-10-9-11-13-22/h9-15,21,23-25,27H,8,16-20H2,1-7H3,(H,33,39)(H,34,40)(H,35,41)(H,36,42)/b15-14+/t21?,23-,24+,25-,27-/m0/s1. The number of benzene rings is 1. The smallest absolute Gasteiger partial charge is 0.408 e. The Morgan fingerprint density at radius 3 is 2.31 bits per heavy atom. The molecule has 2 rings (SSSR count). The maximum atomic E-state index is 13.7. The van der Waals surface area contributed by atoms with Gasteiger partial charge in [-0.15, -0.1) is 0 Å². The number of hydrogen-bond donors (Lipinski definition) is 4. The first-order valence-electron chi connectivity index (χ1n) is 15.2. The van der Waals surface area contributed by atoms with Crippen LogP contribution in [-0.4, -0.2) is 98.3 Å². The molecule has 1 aliphatic heterocycles. The van der Waals surface area contributed by atoms with Crippen LogP contribution >= 0.6 is 0 Å². The third-order valence-corrected chi connectivity index (χ3v) is 6.74. The number of carbonyl (C=O) groups excluding carboxylic acids is 5. The van der Waals surface area contributed by atoms with E-state index in [-0.39, 0.29) is 38.0 Å². The van der Waals surface area contributed by atoms with Gasteiger partial charge in [0.25, 0.3) is 0 Å². The van der Waals surface area contributed by atoms with E-state index in [0.717, 1.165) is 5.56 Å². The summed E-state index contributed by atoms with van der Waals surface area (Å²) in [6.45, 7) is 9.64. The molecule has 1 aliphatic rings. The third kappa shape index (κ3) is 14.1. The van der Waals surface area contributed by atoms with Gasteiger partial charge in [-0.25, -0.2) is 9.59 Å². The molecule has 0 saturated carbocycles. The van der Waals surface area contributed by atoms with Crippen LogP contribution in [-0.2, 0) is 40.0 Å². The van der Waals surface area contributed by atoms with Crippen molar-refractivity contribution in [1.82, 2.24) is 26.2 Å². The Bertz CT molecular complexity index is 1170. The Kier molecular flexibility index (Phi) is 15.0. The molecule has 1 aromatic rings. The number of likely N-dealkylation sites (N-methyl/N-ethyl adjacent to an activating group) is 1. The zero-order chi connectivity index (χ0) is 33.6. The molecule has 5 atom stereocenters. The maximum Gasteiger partial charge on any atom is 0.408 e. The minimum atomic E-state index is -1.20. The van der Waals surface area contributed by atoms with Crippen LogP contribution in [0.1, 0.15) is 53.0 Å². The van der Waals surface area contributed by atoms with Crippen molar-refractivity contribution in [2.24, 2.45) is 5.92 Å². The van der Waals surface area contributed by atoms with E-state index in [0.29, 0.717) is 13.0 Å². The van der Waals surface area contributed by atoms with Gasteiger partial charge in [-0.3, -0.25) is 14.4 Å². The summed E-state index contributed by atoms with van der Waals surface area (Å²) in [4.78, 5) is 66.0. The van der Waals surface area contributed by atoms with E-state index in [1.807, 2.05) is 51.1 Å². The van der Waals surface area contributed by atoms with Crippen LogP contribution in [0.15, 0.2) is 42.5 Å². The topological polar surface area (TPSA) is 164 Å². The summed E-state index contributed by atoms with van der Waals surface area (Å²) in [7, 11) is 3.49. The van der Waals surface area contributed by atoms with Gasteiger partial charge in [-0.2, -0.15) is 0 Å². The Hall–Kier alpha value is -3.97. The Balaban J connectivity index is 2.22. The van der Waals surface area contributed by atoms with E-state index in [4.69, 9.17) is 14.2 Å². The number of nitrogens with one attached hydrogen (secondary N) is 4. The molecule has 1 aromatic carbocycles. The van der Waals surface area contributed by atoms with E-state index in [1.165, 1.54) is 12.2 Å². The predicted molar refractivity (Wildman–Crippen MR) is 168 cm³/mol. The first-order chi connectivity index (χ1) is 21.2. The minimum Gasteiger partial charge on any atom is -0.463 e. The fourth-order valence-electron chi connectivity index (χ4n) is 4.76. The van der Waals surface area contributed by atoms with E-state index in [9.17, 15) is 24.0 Å². The highest BCUT2D eigenvalue weighted by Gasteiger charge is 2.35. The van der Waals surface area contributed by atoms with Crippen LogP contribution in [0.2, 0.25) is 0 Å². The molecule has 0 aliphatic carbocycles. The zero-order valence-corrected chi connectivity index (χ0v) is 27.4. The summed E-state index contributed by atoms with van der Waals surface area (Å²) in [5.74, 6) is -2.25. The van der Waals surface area contributed by atoms with Gasteiger partial charge in [0, 0.05) is 31.1 Å². The lowest BCUT2D eigenvalue weighted by atomic mass is 9.97. The Morgan fingerprint density at radius 2 is 1.73 bits per heavy atom. The summed E-state index contributed by atoms with van der Waals surface area (Å²) in [5.41, 5.74) is 0.135. The molecule has 45 heavy (non-hydrogen) atoms. The van der Waals surface area contributed by atoms with Gasteiger partial charge >= 0.3 is 12.1 Å². The van der Waals surface area contributed by atoms with Crippen LogP contribution in [0.3, 0.4) is 0 Å². The molecule has 13 nitrogen and oxygen atoms in total. The molecule has 0 radical (unpaired) electrons. The predicted octanol–water partition coefficient (Wildman–Crippen LogP) is 1.66. The molecule has 1 saturated heterocycles. The quantitative estimate of drug-likeness (QED) is 0.157. The fraction of sp³-hybridized carbons (Fsp3) is 0.594. The first kappa shape index (κ1) is 37.2. The summed E-state index contributed by atoms with van der Waals surface area (Å²) in [6, 6.07) is 6.15. The molecule has 4 amide bonds. The Labute approximate surface area is 265 Å². The van der Waals surface area contributed by atoms with Crippen molar-refractivity contribution in [3.05, 3.63) is 48.0 Å². The molecule has 0 spiro atoms. The monoisotopic (exact) mass is 631 g/mol. The van der Waals surface area contributed by atoms with Crippen molar-refractivity contribution < 1.29 is 38.2 Å². The lowest BCUT2D eigenvalue weighted by Crippen LogP contribution is -2.60. The average molecular weight is 632 g/mol. The molecule has 4 N–H and O–H groups in total. The molecular formula is C32H49N5O8. The lowest BCUT2D eigenvalue weighted by Gasteiger charge is -2.32. The van der Waals surface area contributed by atoms with Gasteiger partial charge in [-0.05, 0) is 67.1 Å². The molecular weight excluding hydrogens is 582 g/mol. The van der Waals surface area contributed by atoms with Crippen molar-refractivity contribution in [3.63, 3.8) is 0 Å². The first-order valence-corrected chi connectivity index (χ1v) is 15.2. The number of alkyl carbamates (subject to hydrolysis) is 1. The molecule has 1 heterocycles.